The number of carbonyl (C=O) groups is 2. The highest BCUT2D eigenvalue weighted by molar-refractivity contribution is 6.27. The molecule has 88 valence electrons. The predicted octanol–water partition coefficient (Wildman–Crippen LogP) is 0.894. The molecule has 0 spiro atoms. The molecule has 0 aliphatic carbocycles. The molecule has 0 saturated heterocycles. The van der Waals surface area contributed by atoms with E-state index >= 15 is 0 Å². The van der Waals surface area contributed by atoms with Crippen LogP contribution in [-0.2, 0) is 9.59 Å². The molecule has 0 atom stereocenters. The highest BCUT2D eigenvalue weighted by Gasteiger charge is 2.12. The fraction of sp³-hybridized carbons (Fsp3) is 0.800. The van der Waals surface area contributed by atoms with Gasteiger partial charge in [-0.3, -0.25) is 9.59 Å². The largest absolute Gasteiger partial charge is 0.354 e. The molecule has 15 heavy (non-hydrogen) atoms. The Hall–Kier alpha value is -0.770. The van der Waals surface area contributed by atoms with Crippen molar-refractivity contribution in [3.63, 3.8) is 0 Å². The molecule has 0 saturated carbocycles. The van der Waals surface area contributed by atoms with Crippen molar-refractivity contribution in [2.24, 2.45) is 5.92 Å². The van der Waals surface area contributed by atoms with Crippen molar-refractivity contribution in [2.45, 2.75) is 26.7 Å². The first-order valence-electron chi connectivity index (χ1n) is 5.26. The van der Waals surface area contributed by atoms with Gasteiger partial charge in [0.05, 0.1) is 0 Å². The maximum atomic E-state index is 11.5. The van der Waals surface area contributed by atoms with Gasteiger partial charge in [-0.2, -0.15) is 0 Å². The smallest absolute Gasteiger partial charge is 0.234 e. The van der Waals surface area contributed by atoms with Gasteiger partial charge in [-0.1, -0.05) is 13.8 Å². The first-order chi connectivity index (χ1) is 7.15. The van der Waals surface area contributed by atoms with Crippen LogP contribution in [0.4, 0.5) is 0 Å². The van der Waals surface area contributed by atoms with Crippen LogP contribution < -0.4 is 10.6 Å². The summed E-state index contributed by atoms with van der Waals surface area (Å²) in [5.41, 5.74) is 0. The lowest BCUT2D eigenvalue weighted by Crippen LogP contribution is -2.37. The number of nitrogens with one attached hydrogen (secondary N) is 2. The number of hydrogen-bond donors (Lipinski definition) is 2. The Kier molecular flexibility index (Phi) is 8.09. The van der Waals surface area contributed by atoms with E-state index in [2.05, 4.69) is 10.6 Å². The molecule has 0 unspecified atom stereocenters. The fourth-order valence-electron chi connectivity index (χ4n) is 1.24. The molecular formula is C10H19ClN2O2. The zero-order valence-corrected chi connectivity index (χ0v) is 10.1. The first-order valence-corrected chi connectivity index (χ1v) is 5.79. The molecule has 4 nitrogen and oxygen atoms in total. The highest BCUT2D eigenvalue weighted by atomic mass is 35.5. The number of carbonyl (C=O) groups excluding carboxylic acids is 2. The third-order valence-corrected chi connectivity index (χ3v) is 2.47. The summed E-state index contributed by atoms with van der Waals surface area (Å²) < 4.78 is 0. The molecule has 0 fully saturated rings. The second-order valence-electron chi connectivity index (χ2n) is 3.29. The standard InChI is InChI=1S/C10H19ClN2O2/c1-3-8(4-2)10(15)13-6-5-12-9(14)7-11/h8H,3-7H2,1-2H3,(H,12,14)(H,13,15). The summed E-state index contributed by atoms with van der Waals surface area (Å²) in [6, 6.07) is 0. The minimum absolute atomic E-state index is 0.0412. The van der Waals surface area contributed by atoms with E-state index in [9.17, 15) is 9.59 Å². The van der Waals surface area contributed by atoms with Crippen LogP contribution in [0.1, 0.15) is 26.7 Å². The van der Waals surface area contributed by atoms with Crippen LogP contribution in [0, 0.1) is 5.92 Å². The maximum Gasteiger partial charge on any atom is 0.234 e. The third-order valence-electron chi connectivity index (χ3n) is 2.22. The SMILES string of the molecule is CCC(CC)C(=O)NCCNC(=O)CCl. The summed E-state index contributed by atoms with van der Waals surface area (Å²) in [5.74, 6) is -0.122. The summed E-state index contributed by atoms with van der Waals surface area (Å²) in [7, 11) is 0. The normalized spacial score (nSPS) is 10.1. The topological polar surface area (TPSA) is 58.2 Å². The summed E-state index contributed by atoms with van der Waals surface area (Å²) in [4.78, 5) is 22.2. The van der Waals surface area contributed by atoms with Crippen LogP contribution in [0.5, 0.6) is 0 Å². The predicted molar refractivity (Wildman–Crippen MR) is 60.8 cm³/mol. The Balaban J connectivity index is 3.58. The van der Waals surface area contributed by atoms with Crippen LogP contribution in [0.15, 0.2) is 0 Å². The van der Waals surface area contributed by atoms with Gasteiger partial charge in [0.25, 0.3) is 0 Å². The third kappa shape index (κ3) is 6.33. The van der Waals surface area contributed by atoms with Gasteiger partial charge < -0.3 is 10.6 Å². The Bertz CT molecular complexity index is 206. The van der Waals surface area contributed by atoms with Crippen LogP contribution in [-0.4, -0.2) is 30.8 Å². The second-order valence-corrected chi connectivity index (χ2v) is 3.56. The van der Waals surface area contributed by atoms with Crippen molar-refractivity contribution in [3.8, 4) is 0 Å². The molecule has 0 aliphatic heterocycles. The Morgan fingerprint density at radius 3 is 2.13 bits per heavy atom. The lowest BCUT2D eigenvalue weighted by Gasteiger charge is -2.12. The van der Waals surface area contributed by atoms with Crippen LogP contribution in [0.3, 0.4) is 0 Å². The van der Waals surface area contributed by atoms with Gasteiger partial charge in [0.2, 0.25) is 11.8 Å². The van der Waals surface area contributed by atoms with E-state index in [-0.39, 0.29) is 23.6 Å². The zero-order valence-electron chi connectivity index (χ0n) is 9.31. The summed E-state index contributed by atoms with van der Waals surface area (Å²) in [6.45, 7) is 4.86. The molecule has 0 aromatic heterocycles. The Labute approximate surface area is 95.7 Å². The minimum Gasteiger partial charge on any atom is -0.354 e. The van der Waals surface area contributed by atoms with Crippen LogP contribution in [0.25, 0.3) is 0 Å². The molecule has 0 aromatic rings. The van der Waals surface area contributed by atoms with Crippen molar-refractivity contribution in [1.82, 2.24) is 10.6 Å². The van der Waals surface area contributed by atoms with E-state index in [1.54, 1.807) is 0 Å². The second kappa shape index (κ2) is 8.53. The molecule has 5 heteroatoms. The average molecular weight is 235 g/mol. The Morgan fingerprint density at radius 2 is 1.67 bits per heavy atom. The number of alkyl halides is 1. The molecule has 0 heterocycles. The summed E-state index contributed by atoms with van der Waals surface area (Å²) >= 11 is 5.29. The molecule has 2 N–H and O–H groups in total. The van der Waals surface area contributed by atoms with Crippen molar-refractivity contribution < 1.29 is 9.59 Å². The van der Waals surface area contributed by atoms with Gasteiger partial charge >= 0.3 is 0 Å². The molecule has 0 radical (unpaired) electrons. The lowest BCUT2D eigenvalue weighted by atomic mass is 10.0. The van der Waals surface area contributed by atoms with E-state index in [1.807, 2.05) is 13.8 Å². The van der Waals surface area contributed by atoms with Gasteiger partial charge in [0.1, 0.15) is 5.88 Å². The number of rotatable bonds is 7. The first kappa shape index (κ1) is 14.2. The molecular weight excluding hydrogens is 216 g/mol. The van der Waals surface area contributed by atoms with Crippen molar-refractivity contribution in [2.75, 3.05) is 19.0 Å². The molecule has 0 bridgehead atoms. The highest BCUT2D eigenvalue weighted by Crippen LogP contribution is 2.06. The van der Waals surface area contributed by atoms with Gasteiger partial charge in [-0.25, -0.2) is 0 Å². The van der Waals surface area contributed by atoms with E-state index in [1.165, 1.54) is 0 Å². The van der Waals surface area contributed by atoms with Crippen LogP contribution >= 0.6 is 11.6 Å². The average Bonchev–Trinajstić information content (AvgIpc) is 2.25. The van der Waals surface area contributed by atoms with Gasteiger partial charge in [0.15, 0.2) is 0 Å². The van der Waals surface area contributed by atoms with Gasteiger partial charge in [-0.05, 0) is 12.8 Å². The van der Waals surface area contributed by atoms with E-state index in [0.717, 1.165) is 12.8 Å². The Morgan fingerprint density at radius 1 is 1.13 bits per heavy atom. The van der Waals surface area contributed by atoms with Crippen molar-refractivity contribution in [3.05, 3.63) is 0 Å². The van der Waals surface area contributed by atoms with Crippen molar-refractivity contribution >= 4 is 23.4 Å². The molecule has 0 rings (SSSR count). The minimum atomic E-state index is -0.214. The number of hydrogen-bond acceptors (Lipinski definition) is 2. The summed E-state index contributed by atoms with van der Waals surface area (Å²) in [6.07, 6.45) is 1.69. The maximum absolute atomic E-state index is 11.5. The van der Waals surface area contributed by atoms with E-state index < -0.39 is 0 Å². The van der Waals surface area contributed by atoms with E-state index in [0.29, 0.717) is 13.1 Å². The van der Waals surface area contributed by atoms with E-state index in [4.69, 9.17) is 11.6 Å². The van der Waals surface area contributed by atoms with Gasteiger partial charge in [-0.15, -0.1) is 11.6 Å². The number of amides is 2. The number of halogens is 1. The molecule has 0 aromatic carbocycles. The molecule has 2 amide bonds. The van der Waals surface area contributed by atoms with Crippen molar-refractivity contribution in [1.29, 1.82) is 0 Å². The van der Waals surface area contributed by atoms with Crippen LogP contribution in [0.2, 0.25) is 0 Å². The van der Waals surface area contributed by atoms with Gasteiger partial charge in [0, 0.05) is 19.0 Å². The fourth-order valence-corrected chi connectivity index (χ4v) is 1.33. The zero-order chi connectivity index (χ0) is 11.7. The summed E-state index contributed by atoms with van der Waals surface area (Å²) in [5, 5.41) is 5.34. The monoisotopic (exact) mass is 234 g/mol. The molecule has 0 aliphatic rings. The lowest BCUT2D eigenvalue weighted by molar-refractivity contribution is -0.125. The quantitative estimate of drug-likeness (QED) is 0.508.